The third-order valence-electron chi connectivity index (χ3n) is 3.48. The third kappa shape index (κ3) is 1.65. The number of nitrogens with one attached hydrogen (secondary N) is 1. The monoisotopic (exact) mass is 243 g/mol. The number of rotatable bonds is 2. The van der Waals surface area contributed by atoms with Gasteiger partial charge in [0.1, 0.15) is 5.69 Å². The van der Waals surface area contributed by atoms with E-state index in [9.17, 15) is 0 Å². The van der Waals surface area contributed by atoms with Crippen LogP contribution in [-0.4, -0.2) is 23.4 Å². The summed E-state index contributed by atoms with van der Waals surface area (Å²) in [5.74, 6) is 0.830. The number of aromatic nitrogens is 2. The summed E-state index contributed by atoms with van der Waals surface area (Å²) in [7, 11) is 3.64. The first-order chi connectivity index (χ1) is 8.81. The highest BCUT2D eigenvalue weighted by Gasteiger charge is 2.18. The second-order valence-electron chi connectivity index (χ2n) is 4.55. The van der Waals surface area contributed by atoms with Crippen LogP contribution in [0.15, 0.2) is 24.4 Å². The lowest BCUT2D eigenvalue weighted by atomic mass is 9.95. The lowest BCUT2D eigenvalue weighted by Crippen LogP contribution is -2.13. The normalized spacial score (nSPS) is 13.9. The molecule has 2 aromatic rings. The molecule has 1 aromatic carbocycles. The van der Waals surface area contributed by atoms with Crippen LogP contribution in [0.2, 0.25) is 0 Å². The number of nitrogens with zero attached hydrogens (tertiary/aromatic N) is 2. The molecule has 1 aliphatic rings. The van der Waals surface area contributed by atoms with E-state index in [1.165, 1.54) is 23.2 Å². The largest absolute Gasteiger partial charge is 0.493 e. The van der Waals surface area contributed by atoms with Crippen LogP contribution in [0.25, 0.3) is 11.3 Å². The molecule has 0 atom stereocenters. The molecule has 0 saturated carbocycles. The van der Waals surface area contributed by atoms with E-state index in [1.54, 1.807) is 13.3 Å². The molecular formula is C14H17N3O. The summed E-state index contributed by atoms with van der Waals surface area (Å²) in [5, 5.41) is 7.74. The van der Waals surface area contributed by atoms with Gasteiger partial charge in [0.2, 0.25) is 0 Å². The molecule has 0 unspecified atom stereocenters. The Balaban J connectivity index is 2.19. The lowest BCUT2D eigenvalue weighted by Gasteiger charge is -2.21. The quantitative estimate of drug-likeness (QED) is 0.880. The number of benzene rings is 1. The van der Waals surface area contributed by atoms with Gasteiger partial charge in [0.05, 0.1) is 13.3 Å². The maximum absolute atomic E-state index is 5.41. The zero-order valence-electron chi connectivity index (χ0n) is 10.7. The van der Waals surface area contributed by atoms with Crippen LogP contribution in [0.4, 0.5) is 5.69 Å². The summed E-state index contributed by atoms with van der Waals surface area (Å²) in [6.45, 7) is 1.05. The predicted octanol–water partition coefficient (Wildman–Crippen LogP) is 2.45. The fraction of sp³-hybridized carbons (Fsp3) is 0.357. The summed E-state index contributed by atoms with van der Waals surface area (Å²) in [4.78, 5) is 0. The Labute approximate surface area is 107 Å². The number of anilines is 1. The fourth-order valence-electron chi connectivity index (χ4n) is 2.61. The predicted molar refractivity (Wildman–Crippen MR) is 72.0 cm³/mol. The van der Waals surface area contributed by atoms with E-state index in [0.717, 1.165) is 24.4 Å². The van der Waals surface area contributed by atoms with Gasteiger partial charge < -0.3 is 10.1 Å². The van der Waals surface area contributed by atoms with Crippen molar-refractivity contribution in [3.05, 3.63) is 30.0 Å². The molecule has 1 aliphatic heterocycles. The average Bonchev–Trinajstić information content (AvgIpc) is 2.79. The first kappa shape index (κ1) is 11.1. The van der Waals surface area contributed by atoms with Crippen molar-refractivity contribution in [1.29, 1.82) is 0 Å². The fourth-order valence-corrected chi connectivity index (χ4v) is 2.61. The average molecular weight is 243 g/mol. The molecule has 0 fully saturated rings. The Morgan fingerprint density at radius 3 is 3.11 bits per heavy atom. The molecule has 0 aliphatic carbocycles. The van der Waals surface area contributed by atoms with Crippen LogP contribution in [0.5, 0.6) is 5.75 Å². The van der Waals surface area contributed by atoms with E-state index in [4.69, 9.17) is 4.74 Å². The molecule has 18 heavy (non-hydrogen) atoms. The second-order valence-corrected chi connectivity index (χ2v) is 4.55. The molecule has 0 amide bonds. The minimum atomic E-state index is 0.830. The molecule has 2 heterocycles. The second kappa shape index (κ2) is 4.37. The molecule has 3 rings (SSSR count). The SMILES string of the molecule is COc1cnn(C)c1-c1cccc2c1CCCN2. The van der Waals surface area contributed by atoms with Gasteiger partial charge >= 0.3 is 0 Å². The summed E-state index contributed by atoms with van der Waals surface area (Å²) in [6, 6.07) is 6.37. The smallest absolute Gasteiger partial charge is 0.164 e. The zero-order chi connectivity index (χ0) is 12.5. The van der Waals surface area contributed by atoms with E-state index in [1.807, 2.05) is 11.7 Å². The topological polar surface area (TPSA) is 39.1 Å². The first-order valence-corrected chi connectivity index (χ1v) is 6.23. The van der Waals surface area contributed by atoms with E-state index in [-0.39, 0.29) is 0 Å². The van der Waals surface area contributed by atoms with Crippen molar-refractivity contribution in [2.45, 2.75) is 12.8 Å². The summed E-state index contributed by atoms with van der Waals surface area (Å²) in [6.07, 6.45) is 4.04. The highest BCUT2D eigenvalue weighted by molar-refractivity contribution is 5.76. The lowest BCUT2D eigenvalue weighted by molar-refractivity contribution is 0.416. The molecule has 0 radical (unpaired) electrons. The zero-order valence-corrected chi connectivity index (χ0v) is 10.7. The van der Waals surface area contributed by atoms with Crippen molar-refractivity contribution in [1.82, 2.24) is 9.78 Å². The minimum Gasteiger partial charge on any atom is -0.493 e. The van der Waals surface area contributed by atoms with Gasteiger partial charge in [-0.1, -0.05) is 12.1 Å². The Kier molecular flexibility index (Phi) is 2.70. The van der Waals surface area contributed by atoms with Crippen molar-refractivity contribution in [3.63, 3.8) is 0 Å². The molecule has 4 nitrogen and oxygen atoms in total. The summed E-state index contributed by atoms with van der Waals surface area (Å²) in [5.41, 5.74) is 4.88. The number of aryl methyl sites for hydroxylation is 1. The first-order valence-electron chi connectivity index (χ1n) is 6.23. The Morgan fingerprint density at radius 1 is 1.39 bits per heavy atom. The van der Waals surface area contributed by atoms with Crippen molar-refractivity contribution in [2.75, 3.05) is 19.0 Å². The molecule has 4 heteroatoms. The highest BCUT2D eigenvalue weighted by Crippen LogP contribution is 2.36. The van der Waals surface area contributed by atoms with Gasteiger partial charge in [0, 0.05) is 24.8 Å². The van der Waals surface area contributed by atoms with Crippen LogP contribution < -0.4 is 10.1 Å². The molecule has 1 aromatic heterocycles. The number of ether oxygens (including phenoxy) is 1. The molecule has 0 bridgehead atoms. The summed E-state index contributed by atoms with van der Waals surface area (Å²) >= 11 is 0. The van der Waals surface area contributed by atoms with Crippen LogP contribution in [-0.2, 0) is 13.5 Å². The van der Waals surface area contributed by atoms with Crippen molar-refractivity contribution >= 4 is 5.69 Å². The van der Waals surface area contributed by atoms with Gasteiger partial charge in [-0.15, -0.1) is 0 Å². The van der Waals surface area contributed by atoms with Gasteiger partial charge in [0.15, 0.2) is 5.75 Å². The number of hydrogen-bond acceptors (Lipinski definition) is 3. The van der Waals surface area contributed by atoms with E-state index >= 15 is 0 Å². The van der Waals surface area contributed by atoms with Crippen molar-refractivity contribution in [2.24, 2.45) is 7.05 Å². The van der Waals surface area contributed by atoms with Crippen LogP contribution in [0, 0.1) is 0 Å². The molecule has 0 spiro atoms. The standard InChI is InChI=1S/C14H17N3O/c1-17-14(13(18-2)9-16-17)11-5-3-7-12-10(11)6-4-8-15-12/h3,5,7,9,15H,4,6,8H2,1-2H3. The molecule has 0 saturated heterocycles. The molecular weight excluding hydrogens is 226 g/mol. The minimum absolute atomic E-state index is 0.830. The van der Waals surface area contributed by atoms with Crippen LogP contribution in [0.3, 0.4) is 0 Å². The number of methoxy groups -OCH3 is 1. The van der Waals surface area contributed by atoms with Crippen LogP contribution >= 0.6 is 0 Å². The number of hydrogen-bond donors (Lipinski definition) is 1. The van der Waals surface area contributed by atoms with Gasteiger partial charge in [0.25, 0.3) is 0 Å². The molecule has 1 N–H and O–H groups in total. The van der Waals surface area contributed by atoms with Crippen molar-refractivity contribution < 1.29 is 4.74 Å². The van der Waals surface area contributed by atoms with E-state index in [0.29, 0.717) is 0 Å². The Bertz CT molecular complexity index is 574. The van der Waals surface area contributed by atoms with Gasteiger partial charge in [-0.25, -0.2) is 0 Å². The van der Waals surface area contributed by atoms with Gasteiger partial charge in [-0.3, -0.25) is 4.68 Å². The highest BCUT2D eigenvalue weighted by atomic mass is 16.5. The third-order valence-corrected chi connectivity index (χ3v) is 3.48. The van der Waals surface area contributed by atoms with Gasteiger partial charge in [-0.2, -0.15) is 5.10 Å². The Morgan fingerprint density at radius 2 is 2.28 bits per heavy atom. The van der Waals surface area contributed by atoms with Gasteiger partial charge in [-0.05, 0) is 24.5 Å². The Hall–Kier alpha value is -1.97. The van der Waals surface area contributed by atoms with E-state index in [2.05, 4.69) is 28.6 Å². The maximum Gasteiger partial charge on any atom is 0.164 e. The van der Waals surface area contributed by atoms with Crippen molar-refractivity contribution in [3.8, 4) is 17.0 Å². The van der Waals surface area contributed by atoms with Crippen LogP contribution in [0.1, 0.15) is 12.0 Å². The number of fused-ring (bicyclic) bond motifs is 1. The maximum atomic E-state index is 5.41. The molecule has 94 valence electrons. The van der Waals surface area contributed by atoms with E-state index < -0.39 is 0 Å². The summed E-state index contributed by atoms with van der Waals surface area (Å²) < 4.78 is 7.29.